The van der Waals surface area contributed by atoms with Gasteiger partial charge in [0.05, 0.1) is 54.7 Å². The van der Waals surface area contributed by atoms with Crippen LogP contribution in [0.5, 0.6) is 17.2 Å². The Bertz CT molecular complexity index is 2270. The van der Waals surface area contributed by atoms with E-state index in [4.69, 9.17) is 38.5 Å². The Hall–Kier alpha value is -5.89. The molecule has 0 radical (unpaired) electrons. The first-order valence-corrected chi connectivity index (χ1v) is 23.7. The molecule has 344 valence electrons. The fraction of sp³-hybridized carbons (Fsp3) is 0.404. The predicted molar refractivity (Wildman–Crippen MR) is 256 cm³/mol. The van der Waals surface area contributed by atoms with Gasteiger partial charge in [0.25, 0.3) is 0 Å². The second kappa shape index (κ2) is 26.2. The number of aromatic nitrogens is 1. The van der Waals surface area contributed by atoms with Gasteiger partial charge < -0.3 is 28.4 Å². The van der Waals surface area contributed by atoms with Gasteiger partial charge in [-0.15, -0.1) is 0 Å². The van der Waals surface area contributed by atoms with Gasteiger partial charge in [-0.1, -0.05) is 99.9 Å². The monoisotopic (exact) mass is 903 g/mol. The summed E-state index contributed by atoms with van der Waals surface area (Å²) in [6.45, 7) is 10.3. The highest BCUT2D eigenvalue weighted by Gasteiger charge is 2.32. The van der Waals surface area contributed by atoms with Gasteiger partial charge in [0.2, 0.25) is 5.13 Å². The molecule has 65 heavy (non-hydrogen) atoms. The minimum Gasteiger partial charge on any atom is -0.491 e. The van der Waals surface area contributed by atoms with Crippen molar-refractivity contribution in [1.82, 2.24) is 4.98 Å². The predicted octanol–water partition coefficient (Wildman–Crippen LogP) is 10.8. The van der Waals surface area contributed by atoms with Gasteiger partial charge in [-0.2, -0.15) is 5.10 Å². The number of carbonyl (C=O) groups is 3. The highest BCUT2D eigenvalue weighted by atomic mass is 32.1. The summed E-state index contributed by atoms with van der Waals surface area (Å²) < 4.78 is 34.4. The van der Waals surface area contributed by atoms with Crippen LogP contribution in [0.4, 0.5) is 5.13 Å². The minimum atomic E-state index is -0.482. The van der Waals surface area contributed by atoms with E-state index in [1.807, 2.05) is 41.4 Å². The standard InChI is InChI=1S/C52H61N3O9S/c1-4-7-8-11-29-55(52-54-46-13-9-10-14-48(46)65-52)53-37-43-36-42(39-17-15-38(12-5-2)16-18-39)23-28-47(43)64-51(58)41-21-19-40(20-22-41)50(57)63-45-26-24-44(25-27-45)61-34-32-59-30-31-60-33-35-62-49(56)6-3/h6,9-10,13-18,23-28,36-37,40-41H,3-5,7-8,11-12,19-22,29-35H2,1-2H3/b53-37+. The number of hydrazone groups is 1. The number of esters is 3. The van der Waals surface area contributed by atoms with Gasteiger partial charge >= 0.3 is 17.9 Å². The van der Waals surface area contributed by atoms with Crippen molar-refractivity contribution in [1.29, 1.82) is 0 Å². The normalized spacial score (nSPS) is 14.9. The zero-order valence-electron chi connectivity index (χ0n) is 37.6. The van der Waals surface area contributed by atoms with Crippen molar-refractivity contribution in [2.24, 2.45) is 16.9 Å². The molecule has 5 aromatic rings. The Morgan fingerprint density at radius 1 is 0.738 bits per heavy atom. The van der Waals surface area contributed by atoms with Crippen molar-refractivity contribution >= 4 is 50.8 Å². The molecule has 1 heterocycles. The summed E-state index contributed by atoms with van der Waals surface area (Å²) in [6, 6.07) is 29.5. The largest absolute Gasteiger partial charge is 0.491 e. The number of nitrogens with zero attached hydrogens (tertiary/aromatic N) is 3. The van der Waals surface area contributed by atoms with E-state index in [1.54, 1.807) is 41.8 Å². The second-order valence-electron chi connectivity index (χ2n) is 15.9. The third-order valence-corrected chi connectivity index (χ3v) is 12.1. The highest BCUT2D eigenvalue weighted by molar-refractivity contribution is 7.22. The molecule has 4 aromatic carbocycles. The average Bonchev–Trinajstić information content (AvgIpc) is 3.77. The van der Waals surface area contributed by atoms with E-state index in [9.17, 15) is 14.4 Å². The lowest BCUT2D eigenvalue weighted by atomic mass is 9.82. The van der Waals surface area contributed by atoms with Crippen molar-refractivity contribution in [2.75, 3.05) is 51.2 Å². The number of ether oxygens (including phenoxy) is 6. The van der Waals surface area contributed by atoms with Crippen LogP contribution in [0, 0.1) is 11.8 Å². The molecule has 0 unspecified atom stereocenters. The third kappa shape index (κ3) is 15.4. The van der Waals surface area contributed by atoms with Crippen LogP contribution in [0.15, 0.2) is 109 Å². The van der Waals surface area contributed by atoms with Crippen LogP contribution in [-0.2, 0) is 35.0 Å². The molecule has 1 aliphatic rings. The summed E-state index contributed by atoms with van der Waals surface area (Å²) in [5.74, 6) is -0.311. The van der Waals surface area contributed by atoms with Crippen molar-refractivity contribution in [2.45, 2.75) is 78.1 Å². The van der Waals surface area contributed by atoms with E-state index >= 15 is 0 Å². The fourth-order valence-electron chi connectivity index (χ4n) is 7.43. The molecule has 0 spiro atoms. The number of anilines is 1. The fourth-order valence-corrected chi connectivity index (χ4v) is 8.38. The van der Waals surface area contributed by atoms with E-state index in [0.29, 0.717) is 81.5 Å². The molecule has 1 saturated carbocycles. The minimum absolute atomic E-state index is 0.161. The molecular weight excluding hydrogens is 843 g/mol. The van der Waals surface area contributed by atoms with Gasteiger partial charge in [-0.25, -0.2) is 14.8 Å². The molecule has 1 aromatic heterocycles. The molecule has 0 amide bonds. The van der Waals surface area contributed by atoms with Gasteiger partial charge in [0, 0.05) is 18.2 Å². The van der Waals surface area contributed by atoms with Crippen LogP contribution in [-0.4, -0.2) is 75.3 Å². The Kier molecular flexibility index (Phi) is 19.5. The molecule has 1 fully saturated rings. The molecule has 0 aliphatic heterocycles. The maximum absolute atomic E-state index is 13.8. The molecule has 0 N–H and O–H groups in total. The third-order valence-electron chi connectivity index (χ3n) is 11.1. The Balaban J connectivity index is 1.02. The number of hydrogen-bond donors (Lipinski definition) is 0. The van der Waals surface area contributed by atoms with Crippen molar-refractivity contribution in [3.8, 4) is 28.4 Å². The van der Waals surface area contributed by atoms with Gasteiger partial charge in [-0.3, -0.25) is 9.59 Å². The number of rotatable bonds is 26. The summed E-state index contributed by atoms with van der Waals surface area (Å²) in [6.07, 6.45) is 11.4. The summed E-state index contributed by atoms with van der Waals surface area (Å²) in [7, 11) is 0. The lowest BCUT2D eigenvalue weighted by molar-refractivity contribution is -0.145. The average molecular weight is 904 g/mol. The lowest BCUT2D eigenvalue weighted by Crippen LogP contribution is -2.30. The number of hydrogen-bond acceptors (Lipinski definition) is 13. The van der Waals surface area contributed by atoms with E-state index in [2.05, 4.69) is 50.8 Å². The van der Waals surface area contributed by atoms with E-state index in [-0.39, 0.29) is 37.0 Å². The van der Waals surface area contributed by atoms with Crippen LogP contribution in [0.1, 0.15) is 82.8 Å². The number of carbonyl (C=O) groups excluding carboxylic acids is 3. The van der Waals surface area contributed by atoms with Crippen LogP contribution in [0.3, 0.4) is 0 Å². The van der Waals surface area contributed by atoms with Gasteiger partial charge in [0.1, 0.15) is 30.5 Å². The van der Waals surface area contributed by atoms with Gasteiger partial charge in [0.15, 0.2) is 0 Å². The van der Waals surface area contributed by atoms with Crippen molar-refractivity contribution in [3.63, 3.8) is 0 Å². The van der Waals surface area contributed by atoms with Crippen LogP contribution in [0.25, 0.3) is 21.3 Å². The van der Waals surface area contributed by atoms with Gasteiger partial charge in [-0.05, 0) is 104 Å². The van der Waals surface area contributed by atoms with E-state index in [1.165, 1.54) is 5.56 Å². The zero-order valence-corrected chi connectivity index (χ0v) is 38.4. The quantitative estimate of drug-likeness (QED) is 0.0131. The Morgan fingerprint density at radius 2 is 1.40 bits per heavy atom. The number of para-hydroxylation sites is 1. The summed E-state index contributed by atoms with van der Waals surface area (Å²) in [5.41, 5.74) is 4.99. The first-order chi connectivity index (χ1) is 31.8. The molecular formula is C52H61N3O9S. The number of fused-ring (bicyclic) bond motifs is 1. The first kappa shape index (κ1) is 48.6. The molecule has 6 rings (SSSR count). The number of benzene rings is 4. The number of unbranched alkanes of at least 4 members (excludes halogenated alkanes) is 3. The summed E-state index contributed by atoms with van der Waals surface area (Å²) in [4.78, 5) is 42.9. The summed E-state index contributed by atoms with van der Waals surface area (Å²) in [5, 5.41) is 7.79. The van der Waals surface area contributed by atoms with Crippen LogP contribution in [0.2, 0.25) is 0 Å². The van der Waals surface area contributed by atoms with Crippen molar-refractivity contribution < 1.29 is 42.8 Å². The Morgan fingerprint density at radius 3 is 2.09 bits per heavy atom. The maximum atomic E-state index is 13.8. The number of aryl methyl sites for hydroxylation is 1. The SMILES string of the molecule is C=CC(=O)OCCOCCOCCOc1ccc(OC(=O)C2CCC(C(=O)Oc3ccc(-c4ccc(CCC)cc4)cc3/C=N/N(CCCCCC)c3nc4ccccc4s3)CC2)cc1. The molecule has 0 atom stereocenters. The molecule has 12 nitrogen and oxygen atoms in total. The Labute approximate surface area is 386 Å². The first-order valence-electron chi connectivity index (χ1n) is 22.8. The highest BCUT2D eigenvalue weighted by Crippen LogP contribution is 2.34. The lowest BCUT2D eigenvalue weighted by Gasteiger charge is -2.26. The molecule has 0 saturated heterocycles. The summed E-state index contributed by atoms with van der Waals surface area (Å²) >= 11 is 1.61. The maximum Gasteiger partial charge on any atom is 0.330 e. The number of thiazole rings is 1. The van der Waals surface area contributed by atoms with Crippen LogP contribution >= 0.6 is 11.3 Å². The zero-order chi connectivity index (χ0) is 45.6. The van der Waals surface area contributed by atoms with E-state index < -0.39 is 5.97 Å². The second-order valence-corrected chi connectivity index (χ2v) is 16.9. The molecule has 0 bridgehead atoms. The topological polar surface area (TPSA) is 135 Å². The van der Waals surface area contributed by atoms with Crippen LogP contribution < -0.4 is 19.2 Å². The van der Waals surface area contributed by atoms with E-state index in [0.717, 1.165) is 71.1 Å². The molecule has 1 aliphatic carbocycles. The molecule has 13 heteroatoms. The smallest absolute Gasteiger partial charge is 0.330 e. The van der Waals surface area contributed by atoms with Crippen molar-refractivity contribution in [3.05, 3.63) is 115 Å².